The summed E-state index contributed by atoms with van der Waals surface area (Å²) in [5, 5.41) is 7.80. The molecule has 0 amide bonds. The number of aryl methyl sites for hydroxylation is 1. The predicted octanol–water partition coefficient (Wildman–Crippen LogP) is 3.11. The Morgan fingerprint density at radius 3 is 2.91 bits per heavy atom. The highest BCUT2D eigenvalue weighted by Crippen LogP contribution is 2.20. The molecule has 3 aromatic rings. The van der Waals surface area contributed by atoms with Gasteiger partial charge in [0.1, 0.15) is 12.3 Å². The van der Waals surface area contributed by atoms with Gasteiger partial charge in [0.25, 0.3) is 0 Å². The number of carbonyl (C=O) groups is 1. The average Bonchev–Trinajstić information content (AvgIpc) is 3.22. The van der Waals surface area contributed by atoms with E-state index in [2.05, 4.69) is 14.7 Å². The molecule has 0 bridgehead atoms. The van der Waals surface area contributed by atoms with E-state index >= 15 is 0 Å². The zero-order chi connectivity index (χ0) is 15.4. The number of ether oxygens (including phenoxy) is 1. The molecule has 0 saturated heterocycles. The van der Waals surface area contributed by atoms with Crippen molar-refractivity contribution in [2.75, 3.05) is 0 Å². The molecule has 0 aliphatic carbocycles. The van der Waals surface area contributed by atoms with Gasteiger partial charge in [-0.3, -0.25) is 0 Å². The first kappa shape index (κ1) is 14.4. The topological polar surface area (TPSA) is 78.1 Å². The molecule has 0 aliphatic rings. The van der Waals surface area contributed by atoms with Crippen LogP contribution in [0.5, 0.6) is 0 Å². The normalized spacial score (nSPS) is 10.6. The fourth-order valence-corrected chi connectivity index (χ4v) is 2.56. The van der Waals surface area contributed by atoms with Crippen molar-refractivity contribution in [3.8, 4) is 11.3 Å². The molecule has 2 aromatic heterocycles. The van der Waals surface area contributed by atoms with Crippen molar-refractivity contribution >= 4 is 17.5 Å². The van der Waals surface area contributed by atoms with Crippen molar-refractivity contribution in [1.82, 2.24) is 14.7 Å². The number of benzene rings is 1. The standard InChI is InChI=1S/C15H13N3O3S/c1-2-12-14(22-18-16-12)15(19)20-9-11-8-13(21-17-11)10-6-4-3-5-7-10/h3-8H,2,9H2,1H3. The number of aromatic nitrogens is 3. The third-order valence-electron chi connectivity index (χ3n) is 3.04. The Hall–Kier alpha value is -2.54. The molecule has 6 nitrogen and oxygen atoms in total. The molecule has 0 unspecified atom stereocenters. The lowest BCUT2D eigenvalue weighted by molar-refractivity contribution is 0.0468. The Morgan fingerprint density at radius 2 is 2.14 bits per heavy atom. The Kier molecular flexibility index (Phi) is 4.24. The van der Waals surface area contributed by atoms with Crippen molar-refractivity contribution in [2.24, 2.45) is 0 Å². The Bertz CT molecular complexity index is 767. The Balaban J connectivity index is 1.65. The summed E-state index contributed by atoms with van der Waals surface area (Å²) < 4.78 is 14.3. The first-order valence-corrected chi connectivity index (χ1v) is 7.54. The van der Waals surface area contributed by atoms with Gasteiger partial charge < -0.3 is 9.26 Å². The van der Waals surface area contributed by atoms with Crippen LogP contribution in [0.2, 0.25) is 0 Å². The zero-order valence-electron chi connectivity index (χ0n) is 11.9. The van der Waals surface area contributed by atoms with E-state index in [9.17, 15) is 4.79 Å². The van der Waals surface area contributed by atoms with Gasteiger partial charge in [0.15, 0.2) is 10.6 Å². The highest BCUT2D eigenvalue weighted by atomic mass is 32.1. The van der Waals surface area contributed by atoms with E-state index in [0.717, 1.165) is 17.1 Å². The van der Waals surface area contributed by atoms with Gasteiger partial charge in [-0.1, -0.05) is 46.9 Å². The summed E-state index contributed by atoms with van der Waals surface area (Å²) in [6.07, 6.45) is 0.642. The van der Waals surface area contributed by atoms with Crippen LogP contribution in [0.25, 0.3) is 11.3 Å². The Morgan fingerprint density at radius 1 is 1.32 bits per heavy atom. The van der Waals surface area contributed by atoms with E-state index in [1.165, 1.54) is 0 Å². The van der Waals surface area contributed by atoms with Gasteiger partial charge in [-0.2, -0.15) is 0 Å². The third kappa shape index (κ3) is 3.04. The fourth-order valence-electron chi connectivity index (χ4n) is 1.92. The van der Waals surface area contributed by atoms with E-state index in [1.54, 1.807) is 6.07 Å². The van der Waals surface area contributed by atoms with Crippen LogP contribution in [0.15, 0.2) is 40.9 Å². The molecule has 112 valence electrons. The smallest absolute Gasteiger partial charge is 0.352 e. The molecule has 0 radical (unpaired) electrons. The lowest BCUT2D eigenvalue weighted by Gasteiger charge is -2.00. The predicted molar refractivity (Wildman–Crippen MR) is 80.3 cm³/mol. The number of nitrogens with zero attached hydrogens (tertiary/aromatic N) is 3. The van der Waals surface area contributed by atoms with Crippen LogP contribution in [-0.4, -0.2) is 20.7 Å². The SMILES string of the molecule is CCc1nnsc1C(=O)OCc1cc(-c2ccccc2)on1. The average molecular weight is 315 g/mol. The molecule has 0 atom stereocenters. The highest BCUT2D eigenvalue weighted by Gasteiger charge is 2.17. The quantitative estimate of drug-likeness (QED) is 0.673. The second-order valence-electron chi connectivity index (χ2n) is 4.53. The summed E-state index contributed by atoms with van der Waals surface area (Å²) in [6.45, 7) is 1.97. The fraction of sp³-hybridized carbons (Fsp3) is 0.200. The van der Waals surface area contributed by atoms with Crippen molar-refractivity contribution < 1.29 is 14.1 Å². The summed E-state index contributed by atoms with van der Waals surface area (Å²) in [5.41, 5.74) is 2.13. The Labute approximate surface area is 130 Å². The van der Waals surface area contributed by atoms with E-state index in [0.29, 0.717) is 28.4 Å². The number of carbonyl (C=O) groups excluding carboxylic acids is 1. The van der Waals surface area contributed by atoms with Crippen molar-refractivity contribution in [3.63, 3.8) is 0 Å². The summed E-state index contributed by atoms with van der Waals surface area (Å²) in [7, 11) is 0. The van der Waals surface area contributed by atoms with Gasteiger partial charge in [0.05, 0.1) is 5.69 Å². The maximum absolute atomic E-state index is 12.0. The van der Waals surface area contributed by atoms with Gasteiger partial charge in [-0.05, 0) is 18.0 Å². The molecule has 7 heteroatoms. The van der Waals surface area contributed by atoms with Crippen LogP contribution in [0.1, 0.15) is 28.0 Å². The third-order valence-corrected chi connectivity index (χ3v) is 3.79. The molecule has 0 fully saturated rings. The molecule has 3 rings (SSSR count). The maximum atomic E-state index is 12.0. The van der Waals surface area contributed by atoms with E-state index in [4.69, 9.17) is 9.26 Å². The largest absolute Gasteiger partial charge is 0.455 e. The van der Waals surface area contributed by atoms with E-state index in [1.807, 2.05) is 37.3 Å². The van der Waals surface area contributed by atoms with Crippen LogP contribution in [0.3, 0.4) is 0 Å². The van der Waals surface area contributed by atoms with Crippen LogP contribution in [0, 0.1) is 0 Å². The molecule has 0 N–H and O–H groups in total. The van der Waals surface area contributed by atoms with Gasteiger partial charge in [0, 0.05) is 11.6 Å². The van der Waals surface area contributed by atoms with Crippen molar-refractivity contribution in [1.29, 1.82) is 0 Å². The van der Waals surface area contributed by atoms with Gasteiger partial charge in [0.2, 0.25) is 0 Å². The summed E-state index contributed by atoms with van der Waals surface area (Å²) >= 11 is 1.04. The number of rotatable bonds is 5. The maximum Gasteiger partial charge on any atom is 0.352 e. The summed E-state index contributed by atoms with van der Waals surface area (Å²) in [5.74, 6) is 0.205. The molecule has 0 spiro atoms. The van der Waals surface area contributed by atoms with Gasteiger partial charge in [-0.25, -0.2) is 4.79 Å². The molecular formula is C15H13N3O3S. The van der Waals surface area contributed by atoms with Crippen LogP contribution in [0.4, 0.5) is 0 Å². The second-order valence-corrected chi connectivity index (χ2v) is 5.28. The lowest BCUT2D eigenvalue weighted by Crippen LogP contribution is -2.06. The molecular weight excluding hydrogens is 302 g/mol. The lowest BCUT2D eigenvalue weighted by atomic mass is 10.2. The van der Waals surface area contributed by atoms with Crippen LogP contribution >= 0.6 is 11.5 Å². The van der Waals surface area contributed by atoms with Gasteiger partial charge >= 0.3 is 5.97 Å². The van der Waals surface area contributed by atoms with Crippen LogP contribution in [-0.2, 0) is 17.8 Å². The number of esters is 1. The minimum Gasteiger partial charge on any atom is -0.455 e. The first-order valence-electron chi connectivity index (χ1n) is 6.77. The first-order chi connectivity index (χ1) is 10.8. The van der Waals surface area contributed by atoms with Crippen LogP contribution < -0.4 is 0 Å². The molecule has 0 saturated carbocycles. The summed E-state index contributed by atoms with van der Waals surface area (Å²) in [6, 6.07) is 11.4. The van der Waals surface area contributed by atoms with E-state index < -0.39 is 5.97 Å². The number of hydrogen-bond donors (Lipinski definition) is 0. The molecule has 2 heterocycles. The van der Waals surface area contributed by atoms with Crippen molar-refractivity contribution in [2.45, 2.75) is 20.0 Å². The second kappa shape index (κ2) is 6.48. The van der Waals surface area contributed by atoms with Crippen molar-refractivity contribution in [3.05, 3.63) is 52.7 Å². The molecule has 22 heavy (non-hydrogen) atoms. The minimum absolute atomic E-state index is 0.0518. The zero-order valence-corrected chi connectivity index (χ0v) is 12.7. The van der Waals surface area contributed by atoms with Gasteiger partial charge in [-0.15, -0.1) is 5.10 Å². The highest BCUT2D eigenvalue weighted by molar-refractivity contribution is 7.07. The minimum atomic E-state index is -0.434. The molecule has 1 aromatic carbocycles. The summed E-state index contributed by atoms with van der Waals surface area (Å²) in [4.78, 5) is 12.4. The number of hydrogen-bond acceptors (Lipinski definition) is 7. The van der Waals surface area contributed by atoms with E-state index in [-0.39, 0.29) is 6.61 Å². The monoisotopic (exact) mass is 315 g/mol. The molecule has 0 aliphatic heterocycles.